The summed E-state index contributed by atoms with van der Waals surface area (Å²) in [5.74, 6) is 0.877. The number of phenolic OH excluding ortho intramolecular Hbond substituents is 1. The van der Waals surface area contributed by atoms with Gasteiger partial charge in [-0.05, 0) is 91.3 Å². The van der Waals surface area contributed by atoms with E-state index >= 15 is 0 Å². The number of hydrogen-bond donors (Lipinski definition) is 1. The predicted molar refractivity (Wildman–Crippen MR) is 255 cm³/mol. The first-order valence-electron chi connectivity index (χ1n) is 21.5. The molecule has 0 aliphatic heterocycles. The first-order valence-corrected chi connectivity index (χ1v) is 21.5. The van der Waals surface area contributed by atoms with Crippen LogP contribution < -0.4 is 0 Å². The monoisotopic (exact) mass is 989 g/mol. The third-order valence-corrected chi connectivity index (χ3v) is 11.8. The topological polar surface area (TPSA) is 50.9 Å². The molecule has 0 aliphatic rings. The Kier molecular flexibility index (Phi) is 12.1. The van der Waals surface area contributed by atoms with Crippen molar-refractivity contribution in [3.63, 3.8) is 0 Å². The molecular weight excluding hydrogens is 926 g/mol. The molecular formula is C56H64N3OPt-. The number of pyridine rings is 1. The van der Waals surface area contributed by atoms with Crippen molar-refractivity contribution in [2.24, 2.45) is 0 Å². The number of hydrogen-bond acceptors (Lipinski definition) is 3. The van der Waals surface area contributed by atoms with Crippen molar-refractivity contribution in [1.29, 1.82) is 0 Å². The van der Waals surface area contributed by atoms with Gasteiger partial charge in [0.1, 0.15) is 11.6 Å². The van der Waals surface area contributed by atoms with Gasteiger partial charge in [-0.3, -0.25) is 9.55 Å². The summed E-state index contributed by atoms with van der Waals surface area (Å²) in [5.41, 5.74) is 15.3. The van der Waals surface area contributed by atoms with E-state index in [0.29, 0.717) is 11.4 Å². The summed E-state index contributed by atoms with van der Waals surface area (Å²) < 4.78 is 2.20. The molecule has 2 aromatic heterocycles. The summed E-state index contributed by atoms with van der Waals surface area (Å²) in [4.78, 5) is 10.6. The molecule has 320 valence electrons. The van der Waals surface area contributed by atoms with Crippen LogP contribution in [-0.2, 0) is 48.1 Å². The van der Waals surface area contributed by atoms with Gasteiger partial charge in [-0.15, -0.1) is 28.8 Å². The van der Waals surface area contributed by atoms with E-state index in [1.54, 1.807) is 6.07 Å². The molecule has 0 atom stereocenters. The molecule has 5 aromatic carbocycles. The van der Waals surface area contributed by atoms with E-state index in [1.165, 1.54) is 33.4 Å². The third kappa shape index (κ3) is 9.22. The summed E-state index contributed by atoms with van der Waals surface area (Å²) >= 11 is 0. The van der Waals surface area contributed by atoms with Crippen LogP contribution in [0.5, 0.6) is 5.75 Å². The summed E-state index contributed by atoms with van der Waals surface area (Å²) in [6, 6.07) is 40.5. The van der Waals surface area contributed by atoms with Crippen LogP contribution in [-0.4, -0.2) is 19.6 Å². The van der Waals surface area contributed by atoms with Crippen molar-refractivity contribution in [2.75, 3.05) is 0 Å². The fourth-order valence-electron chi connectivity index (χ4n) is 8.04. The van der Waals surface area contributed by atoms with E-state index in [2.05, 4.69) is 187 Å². The minimum Gasteiger partial charge on any atom is -0.507 e. The minimum atomic E-state index is -0.233. The van der Waals surface area contributed by atoms with Crippen molar-refractivity contribution in [1.82, 2.24) is 14.5 Å². The van der Waals surface area contributed by atoms with Gasteiger partial charge in [0.2, 0.25) is 0 Å². The second-order valence-corrected chi connectivity index (χ2v) is 21.8. The number of benzene rings is 5. The Balaban J connectivity index is 0.00000622. The van der Waals surface area contributed by atoms with Crippen LogP contribution in [0.1, 0.15) is 132 Å². The van der Waals surface area contributed by atoms with E-state index < -0.39 is 0 Å². The predicted octanol–water partition coefficient (Wildman–Crippen LogP) is 15.1. The Morgan fingerprint density at radius 3 is 1.61 bits per heavy atom. The quantitative estimate of drug-likeness (QED) is 0.175. The van der Waals surface area contributed by atoms with Gasteiger partial charge < -0.3 is 5.11 Å². The SMILES string of the molecule is CC(C)(C)c1cc(-c2ccnc(-c3[c-]c(-c4cc(C(C)(C)C)cc5c4nc(-c4ccccc4O)n5-c4ccccc4)c(C(C)(C)C)cc3C(C)(C)C)c2)cc(C(C)(C)C)c1.[Pt]. The summed E-state index contributed by atoms with van der Waals surface area (Å²) in [6.07, 6.45) is 1.96. The molecule has 0 saturated carbocycles. The van der Waals surface area contributed by atoms with Crippen LogP contribution in [0.2, 0.25) is 0 Å². The number of rotatable bonds is 5. The van der Waals surface area contributed by atoms with Crippen LogP contribution in [0.25, 0.3) is 61.6 Å². The standard InChI is InChI=1S/C56H64N3O.Pt/c1-52(2,3)37-27-36(28-38(30-37)53(4,5)6)35-25-26-57-47(29-35)44-33-42(45(55(10,11)12)34-46(44)56(13,14)15)43-31-39(54(7,8)9)32-48-50(43)58-51(41-23-19-20-24-49(41)60)59(48)40-21-17-16-18-22-40;/h16-32,34,60H,1-15H3;/q-1;. The molecule has 2 heterocycles. The van der Waals surface area contributed by atoms with Crippen LogP contribution in [0, 0.1) is 6.07 Å². The molecule has 7 rings (SSSR count). The number of phenols is 1. The van der Waals surface area contributed by atoms with Gasteiger partial charge in [0.25, 0.3) is 0 Å². The van der Waals surface area contributed by atoms with Crippen molar-refractivity contribution >= 4 is 11.0 Å². The average Bonchev–Trinajstić information content (AvgIpc) is 3.55. The maximum absolute atomic E-state index is 11.3. The average molecular weight is 990 g/mol. The first-order chi connectivity index (χ1) is 27.8. The van der Waals surface area contributed by atoms with Gasteiger partial charge in [-0.25, -0.2) is 4.98 Å². The molecule has 0 amide bonds. The molecule has 7 aromatic rings. The van der Waals surface area contributed by atoms with E-state index in [-0.39, 0.29) is 53.9 Å². The number of fused-ring (bicyclic) bond motifs is 1. The summed E-state index contributed by atoms with van der Waals surface area (Å²) in [7, 11) is 0. The van der Waals surface area contributed by atoms with Gasteiger partial charge in [0.15, 0.2) is 0 Å². The van der Waals surface area contributed by atoms with Crippen LogP contribution in [0.4, 0.5) is 0 Å². The first kappa shape index (κ1) is 45.7. The normalized spacial score (nSPS) is 12.8. The minimum absolute atomic E-state index is 0. The maximum Gasteiger partial charge on any atom is 0.148 e. The van der Waals surface area contributed by atoms with Gasteiger partial charge in [-0.2, -0.15) is 0 Å². The Morgan fingerprint density at radius 2 is 1.05 bits per heavy atom. The third-order valence-electron chi connectivity index (χ3n) is 11.8. The number of para-hydroxylation sites is 2. The van der Waals surface area contributed by atoms with Gasteiger partial charge in [0.05, 0.1) is 16.6 Å². The second-order valence-electron chi connectivity index (χ2n) is 21.8. The summed E-state index contributed by atoms with van der Waals surface area (Å²) in [6.45, 7) is 34.3. The smallest absolute Gasteiger partial charge is 0.148 e. The summed E-state index contributed by atoms with van der Waals surface area (Å²) in [5, 5.41) is 11.3. The molecule has 0 spiro atoms. The zero-order chi connectivity index (χ0) is 43.7. The van der Waals surface area contributed by atoms with E-state index in [9.17, 15) is 5.11 Å². The number of aromatic hydroxyl groups is 1. The fraction of sp³-hybridized carbons (Fsp3) is 0.357. The number of nitrogens with zero attached hydrogens (tertiary/aromatic N) is 3. The van der Waals surface area contributed by atoms with E-state index in [1.807, 2.05) is 30.5 Å². The van der Waals surface area contributed by atoms with Gasteiger partial charge >= 0.3 is 0 Å². The number of imidazole rings is 1. The largest absolute Gasteiger partial charge is 0.507 e. The van der Waals surface area contributed by atoms with Crippen molar-refractivity contribution in [3.05, 3.63) is 143 Å². The van der Waals surface area contributed by atoms with Crippen molar-refractivity contribution in [3.8, 4) is 56.3 Å². The van der Waals surface area contributed by atoms with Crippen LogP contribution >= 0.6 is 0 Å². The molecule has 1 N–H and O–H groups in total. The molecule has 0 aliphatic carbocycles. The Hall–Kier alpha value is -4.79. The van der Waals surface area contributed by atoms with Gasteiger partial charge in [-0.1, -0.05) is 176 Å². The molecule has 0 fully saturated rings. The molecule has 0 radical (unpaired) electrons. The van der Waals surface area contributed by atoms with Crippen LogP contribution in [0.3, 0.4) is 0 Å². The van der Waals surface area contributed by atoms with E-state index in [4.69, 9.17) is 9.97 Å². The molecule has 0 unspecified atom stereocenters. The van der Waals surface area contributed by atoms with Crippen LogP contribution in [0.15, 0.2) is 109 Å². The Labute approximate surface area is 380 Å². The van der Waals surface area contributed by atoms with Gasteiger partial charge in [0, 0.05) is 38.6 Å². The Bertz CT molecular complexity index is 2690. The fourth-order valence-corrected chi connectivity index (χ4v) is 8.04. The molecule has 5 heteroatoms. The Morgan fingerprint density at radius 1 is 0.508 bits per heavy atom. The zero-order valence-corrected chi connectivity index (χ0v) is 41.3. The maximum atomic E-state index is 11.3. The molecule has 4 nitrogen and oxygen atoms in total. The molecule has 0 saturated heterocycles. The molecule has 0 bridgehead atoms. The van der Waals surface area contributed by atoms with Crippen molar-refractivity contribution in [2.45, 2.75) is 131 Å². The zero-order valence-electron chi connectivity index (χ0n) is 39.0. The van der Waals surface area contributed by atoms with E-state index in [0.717, 1.165) is 44.7 Å². The molecule has 61 heavy (non-hydrogen) atoms. The van der Waals surface area contributed by atoms with Crippen molar-refractivity contribution < 1.29 is 26.2 Å². The second kappa shape index (κ2) is 16.2. The number of aromatic nitrogens is 3.